The molecule has 0 aromatic rings. The second-order valence-electron chi connectivity index (χ2n) is 8.03. The van der Waals surface area contributed by atoms with Crippen LogP contribution in [0, 0.1) is 0 Å². The number of hydroxylamine groups is 3. The number of hydrogen-bond donors (Lipinski definition) is 1. The van der Waals surface area contributed by atoms with Crippen LogP contribution >= 0.6 is 0 Å². The molecule has 0 bridgehead atoms. The summed E-state index contributed by atoms with van der Waals surface area (Å²) >= 11 is 0. The van der Waals surface area contributed by atoms with Crippen LogP contribution in [0.3, 0.4) is 0 Å². The van der Waals surface area contributed by atoms with Crippen molar-refractivity contribution in [2.45, 2.75) is 110 Å². The van der Waals surface area contributed by atoms with Gasteiger partial charge in [-0.15, -0.1) is 0 Å². The van der Waals surface area contributed by atoms with Crippen LogP contribution in [0.1, 0.15) is 104 Å². The molecule has 1 N–H and O–H groups in total. The third kappa shape index (κ3) is 18.2. The van der Waals surface area contributed by atoms with Gasteiger partial charge in [-0.05, 0) is 13.3 Å². The minimum absolute atomic E-state index is 0.309. The van der Waals surface area contributed by atoms with Gasteiger partial charge < -0.3 is 5.11 Å². The van der Waals surface area contributed by atoms with Gasteiger partial charge in [0.2, 0.25) is 0 Å². The van der Waals surface area contributed by atoms with Gasteiger partial charge in [-0.2, -0.15) is 4.65 Å². The molecule has 3 nitrogen and oxygen atoms in total. The third-order valence-electron chi connectivity index (χ3n) is 4.64. The van der Waals surface area contributed by atoms with Gasteiger partial charge in [-0.25, -0.2) is 4.84 Å². The Hall–Kier alpha value is -0.120. The average molecular weight is 345 g/mol. The molecule has 0 aliphatic carbocycles. The second kappa shape index (κ2) is 16.4. The van der Waals surface area contributed by atoms with Crippen LogP contribution in [0.4, 0.5) is 0 Å². The number of quaternary nitrogens is 1. The van der Waals surface area contributed by atoms with Crippen LogP contribution in [-0.4, -0.2) is 43.1 Å². The number of aliphatic hydroxyl groups excluding tert-OH is 1. The van der Waals surface area contributed by atoms with Gasteiger partial charge in [0.25, 0.3) is 0 Å². The minimum atomic E-state index is -0.309. The molecule has 0 aliphatic heterocycles. The summed E-state index contributed by atoms with van der Waals surface area (Å²) < 4.78 is 0.454. The van der Waals surface area contributed by atoms with Gasteiger partial charge in [0.15, 0.2) is 0 Å². The SMILES string of the molecule is CCCCCCCCCCCCCCCCO[N+](C)(C)CC(C)O. The molecule has 0 saturated carbocycles. The highest BCUT2D eigenvalue weighted by Crippen LogP contribution is 2.13. The van der Waals surface area contributed by atoms with Crippen molar-refractivity contribution in [3.63, 3.8) is 0 Å². The molecule has 0 heterocycles. The van der Waals surface area contributed by atoms with E-state index < -0.39 is 0 Å². The maximum absolute atomic E-state index is 9.42. The Morgan fingerprint density at radius 2 is 1.08 bits per heavy atom. The van der Waals surface area contributed by atoms with Crippen LogP contribution in [0.5, 0.6) is 0 Å². The maximum atomic E-state index is 9.42. The first-order valence-corrected chi connectivity index (χ1v) is 10.6. The zero-order valence-electron chi connectivity index (χ0n) is 17.2. The van der Waals surface area contributed by atoms with Crippen molar-refractivity contribution in [1.82, 2.24) is 0 Å². The zero-order chi connectivity index (χ0) is 18.1. The molecular weight excluding hydrogens is 298 g/mol. The summed E-state index contributed by atoms with van der Waals surface area (Å²) in [6.07, 6.45) is 19.1. The Morgan fingerprint density at radius 1 is 0.708 bits per heavy atom. The number of aliphatic hydroxyl groups is 1. The Labute approximate surface area is 152 Å². The molecule has 0 radical (unpaired) electrons. The summed E-state index contributed by atoms with van der Waals surface area (Å²) in [6, 6.07) is 0. The van der Waals surface area contributed by atoms with E-state index in [1.54, 1.807) is 0 Å². The Morgan fingerprint density at radius 3 is 1.46 bits per heavy atom. The number of nitrogens with zero attached hydrogens (tertiary/aromatic N) is 1. The van der Waals surface area contributed by atoms with Crippen LogP contribution in [-0.2, 0) is 4.84 Å². The zero-order valence-corrected chi connectivity index (χ0v) is 17.2. The van der Waals surface area contributed by atoms with E-state index in [2.05, 4.69) is 6.92 Å². The molecule has 0 aromatic heterocycles. The topological polar surface area (TPSA) is 29.5 Å². The lowest BCUT2D eigenvalue weighted by atomic mass is 10.0. The highest BCUT2D eigenvalue weighted by Gasteiger charge is 2.19. The highest BCUT2D eigenvalue weighted by atomic mass is 16.7. The summed E-state index contributed by atoms with van der Waals surface area (Å²) in [5.74, 6) is 0. The molecule has 146 valence electrons. The van der Waals surface area contributed by atoms with Crippen molar-refractivity contribution >= 4 is 0 Å². The standard InChI is InChI=1S/C21H46NO2/c1-5-6-7-8-9-10-11-12-13-14-15-16-17-18-19-24-22(3,4)20-21(2)23/h21,23H,5-20H2,1-4H3/q+1. The molecule has 1 unspecified atom stereocenters. The van der Waals surface area contributed by atoms with Crippen LogP contribution in [0.25, 0.3) is 0 Å². The summed E-state index contributed by atoms with van der Waals surface area (Å²) in [5.41, 5.74) is 0. The first-order chi connectivity index (χ1) is 11.5. The number of rotatable bonds is 18. The Bertz CT molecular complexity index is 254. The van der Waals surface area contributed by atoms with Crippen LogP contribution < -0.4 is 0 Å². The van der Waals surface area contributed by atoms with E-state index in [9.17, 15) is 5.11 Å². The van der Waals surface area contributed by atoms with Crippen molar-refractivity contribution in [3.8, 4) is 0 Å². The highest BCUT2D eigenvalue weighted by molar-refractivity contribution is 4.49. The van der Waals surface area contributed by atoms with E-state index in [1.807, 2.05) is 21.0 Å². The minimum Gasteiger partial charge on any atom is -0.387 e. The van der Waals surface area contributed by atoms with E-state index in [0.717, 1.165) is 13.0 Å². The van der Waals surface area contributed by atoms with E-state index in [1.165, 1.54) is 83.5 Å². The molecule has 0 rings (SSSR count). The third-order valence-corrected chi connectivity index (χ3v) is 4.64. The molecule has 24 heavy (non-hydrogen) atoms. The monoisotopic (exact) mass is 344 g/mol. The molecule has 0 amide bonds. The fourth-order valence-electron chi connectivity index (χ4n) is 3.30. The summed E-state index contributed by atoms with van der Waals surface area (Å²) in [6.45, 7) is 5.55. The lowest BCUT2D eigenvalue weighted by Gasteiger charge is -2.27. The Kier molecular flexibility index (Phi) is 16.3. The molecule has 0 fully saturated rings. The van der Waals surface area contributed by atoms with Gasteiger partial charge in [0.1, 0.15) is 19.3 Å². The van der Waals surface area contributed by atoms with Gasteiger partial charge in [-0.3, -0.25) is 0 Å². The van der Waals surface area contributed by atoms with Gasteiger partial charge in [0.05, 0.1) is 14.1 Å². The molecular formula is C21H46NO2+. The first kappa shape index (κ1) is 23.9. The maximum Gasteiger partial charge on any atom is 0.134 e. The van der Waals surface area contributed by atoms with Crippen LogP contribution in [0.15, 0.2) is 0 Å². The van der Waals surface area contributed by atoms with Crippen molar-refractivity contribution in [2.75, 3.05) is 27.2 Å². The lowest BCUT2D eigenvalue weighted by molar-refractivity contribution is -1.08. The molecule has 0 saturated heterocycles. The molecule has 0 aromatic carbocycles. The van der Waals surface area contributed by atoms with E-state index in [4.69, 9.17) is 4.84 Å². The quantitative estimate of drug-likeness (QED) is 0.192. The summed E-state index contributed by atoms with van der Waals surface area (Å²) in [5, 5.41) is 9.42. The van der Waals surface area contributed by atoms with E-state index in [-0.39, 0.29) is 6.10 Å². The van der Waals surface area contributed by atoms with E-state index >= 15 is 0 Å². The molecule has 3 heteroatoms. The predicted octanol–water partition coefficient (Wildman–Crippen LogP) is 5.86. The fourth-order valence-corrected chi connectivity index (χ4v) is 3.30. The number of unbranched alkanes of at least 4 members (excludes halogenated alkanes) is 13. The predicted molar refractivity (Wildman–Crippen MR) is 105 cm³/mol. The largest absolute Gasteiger partial charge is 0.387 e. The number of hydrogen-bond acceptors (Lipinski definition) is 2. The van der Waals surface area contributed by atoms with Crippen molar-refractivity contribution in [1.29, 1.82) is 0 Å². The van der Waals surface area contributed by atoms with Gasteiger partial charge in [0, 0.05) is 0 Å². The van der Waals surface area contributed by atoms with Crippen molar-refractivity contribution in [2.24, 2.45) is 0 Å². The van der Waals surface area contributed by atoms with Crippen molar-refractivity contribution in [3.05, 3.63) is 0 Å². The van der Waals surface area contributed by atoms with Crippen molar-refractivity contribution < 1.29 is 14.6 Å². The van der Waals surface area contributed by atoms with Gasteiger partial charge in [-0.1, -0.05) is 90.4 Å². The average Bonchev–Trinajstić information content (AvgIpc) is 2.49. The Balaban J connectivity index is 3.18. The summed E-state index contributed by atoms with van der Waals surface area (Å²) in [4.78, 5) is 5.82. The first-order valence-electron chi connectivity index (χ1n) is 10.6. The summed E-state index contributed by atoms with van der Waals surface area (Å²) in [7, 11) is 4.02. The fraction of sp³-hybridized carbons (Fsp3) is 1.00. The number of likely N-dealkylation sites (N-methyl/N-ethyl adjacent to an activating group) is 1. The smallest absolute Gasteiger partial charge is 0.134 e. The van der Waals surface area contributed by atoms with Gasteiger partial charge >= 0.3 is 0 Å². The molecule has 0 spiro atoms. The molecule has 1 atom stereocenters. The van der Waals surface area contributed by atoms with E-state index in [0.29, 0.717) is 11.2 Å². The normalized spacial score (nSPS) is 13.4. The molecule has 0 aliphatic rings. The lowest BCUT2D eigenvalue weighted by Crippen LogP contribution is -2.44. The van der Waals surface area contributed by atoms with Crippen LogP contribution in [0.2, 0.25) is 0 Å². The second-order valence-corrected chi connectivity index (χ2v) is 8.03.